The minimum atomic E-state index is -0.631. The predicted octanol–water partition coefficient (Wildman–Crippen LogP) is 3.15. The van der Waals surface area contributed by atoms with Gasteiger partial charge in [0.25, 0.3) is 5.91 Å². The summed E-state index contributed by atoms with van der Waals surface area (Å²) < 4.78 is 5.38. The van der Waals surface area contributed by atoms with Gasteiger partial charge in [0.15, 0.2) is 0 Å². The number of carbonyl (C=O) groups excluding carboxylic acids is 1. The Labute approximate surface area is 195 Å². The molecule has 3 fully saturated rings. The molecule has 2 aliphatic heterocycles. The van der Waals surface area contributed by atoms with Crippen LogP contribution in [0.5, 0.6) is 0 Å². The van der Waals surface area contributed by atoms with Crippen molar-refractivity contribution in [1.29, 1.82) is 0 Å². The number of rotatable bonds is 5. The zero-order valence-corrected chi connectivity index (χ0v) is 19.5. The van der Waals surface area contributed by atoms with Crippen molar-refractivity contribution in [2.45, 2.75) is 57.2 Å². The van der Waals surface area contributed by atoms with Gasteiger partial charge in [-0.2, -0.15) is 0 Å². The summed E-state index contributed by atoms with van der Waals surface area (Å²) in [6.07, 6.45) is 4.61. The molecule has 33 heavy (non-hydrogen) atoms. The van der Waals surface area contributed by atoms with Crippen LogP contribution in [0.3, 0.4) is 0 Å². The van der Waals surface area contributed by atoms with Crippen LogP contribution in [-0.2, 0) is 4.74 Å². The highest BCUT2D eigenvalue weighted by Gasteiger charge is 2.50. The smallest absolute Gasteiger partial charge is 0.255 e. The largest absolute Gasteiger partial charge is 0.390 e. The monoisotopic (exact) mass is 450 g/mol. The van der Waals surface area contributed by atoms with E-state index in [0.717, 1.165) is 50.3 Å². The average molecular weight is 451 g/mol. The molecule has 2 saturated heterocycles. The zero-order chi connectivity index (χ0) is 23.2. The van der Waals surface area contributed by atoms with Crippen LogP contribution in [-0.4, -0.2) is 58.8 Å². The van der Waals surface area contributed by atoms with Crippen LogP contribution in [0.1, 0.15) is 61.5 Å². The molecule has 4 N–H and O–H groups in total. The molecule has 0 radical (unpaired) electrons. The van der Waals surface area contributed by atoms with E-state index in [9.17, 15) is 9.90 Å². The number of anilines is 1. The first-order valence-electron chi connectivity index (χ1n) is 11.9. The van der Waals surface area contributed by atoms with Gasteiger partial charge in [0, 0.05) is 42.3 Å². The molecule has 3 aliphatic rings. The number of benzene rings is 1. The fraction of sp³-hybridized carbons (Fsp3) is 0.538. The molecule has 1 aliphatic carbocycles. The quantitative estimate of drug-likeness (QED) is 0.647. The first-order chi connectivity index (χ1) is 15.7. The van der Waals surface area contributed by atoms with Gasteiger partial charge in [-0.1, -0.05) is 24.3 Å². The number of nitrogens with two attached hydrogens (primary N) is 1. The summed E-state index contributed by atoms with van der Waals surface area (Å²) in [5.74, 6) is 0.0290. The van der Waals surface area contributed by atoms with E-state index in [1.807, 2.05) is 13.0 Å². The van der Waals surface area contributed by atoms with Gasteiger partial charge in [-0.3, -0.25) is 9.69 Å². The lowest BCUT2D eigenvalue weighted by atomic mass is 9.76. The Bertz CT molecular complexity index is 1010. The molecule has 2 aromatic rings. The molecule has 7 nitrogen and oxygen atoms in total. The highest BCUT2D eigenvalue weighted by atomic mass is 16.5. The van der Waals surface area contributed by atoms with E-state index in [1.54, 1.807) is 6.20 Å². The normalized spacial score (nSPS) is 27.4. The standard InChI is InChI=1S/C26H34N4O3/c1-17(30-13-26(14-30)15-33-16-26)18-3-5-19(6-4-18)20-11-22(23(27)28-12-20)24(31)29-21-7-9-25(2,32)10-8-21/h3-6,11-12,17,21,32H,7-10,13-16H2,1-2H3,(H2,27,28)(H,29,31). The molecular formula is C26H34N4O3. The third-order valence-electron chi connectivity index (χ3n) is 7.73. The van der Waals surface area contributed by atoms with Crippen LogP contribution >= 0.6 is 0 Å². The maximum atomic E-state index is 12.9. The lowest BCUT2D eigenvalue weighted by Crippen LogP contribution is -2.66. The van der Waals surface area contributed by atoms with Gasteiger partial charge in [0.05, 0.1) is 24.4 Å². The molecule has 1 aromatic heterocycles. The molecule has 176 valence electrons. The van der Waals surface area contributed by atoms with Crippen molar-refractivity contribution in [2.24, 2.45) is 5.41 Å². The molecule has 1 amide bonds. The Balaban J connectivity index is 1.25. The first-order valence-corrected chi connectivity index (χ1v) is 11.9. The highest BCUT2D eigenvalue weighted by molar-refractivity contribution is 5.99. The third-order valence-corrected chi connectivity index (χ3v) is 7.73. The number of pyridine rings is 1. The number of nitrogens with one attached hydrogen (secondary N) is 1. The number of aliphatic hydroxyl groups is 1. The summed E-state index contributed by atoms with van der Waals surface area (Å²) in [4.78, 5) is 19.7. The SMILES string of the molecule is CC(c1ccc(-c2cnc(N)c(C(=O)NC3CCC(C)(O)CC3)c2)cc1)N1CC2(COC2)C1. The molecule has 1 atom stereocenters. The van der Waals surface area contributed by atoms with Crippen LogP contribution in [0.15, 0.2) is 36.5 Å². The van der Waals surface area contributed by atoms with E-state index in [4.69, 9.17) is 10.5 Å². The van der Waals surface area contributed by atoms with Crippen molar-refractivity contribution in [1.82, 2.24) is 15.2 Å². The van der Waals surface area contributed by atoms with E-state index in [1.165, 1.54) is 5.56 Å². The van der Waals surface area contributed by atoms with Crippen LogP contribution in [0.25, 0.3) is 11.1 Å². The summed E-state index contributed by atoms with van der Waals surface area (Å²) in [5.41, 5.74) is 9.39. The number of hydrogen-bond acceptors (Lipinski definition) is 6. The molecule has 3 heterocycles. The molecular weight excluding hydrogens is 416 g/mol. The third kappa shape index (κ3) is 4.50. The van der Waals surface area contributed by atoms with Crippen molar-refractivity contribution in [3.05, 3.63) is 47.7 Å². The summed E-state index contributed by atoms with van der Waals surface area (Å²) in [6, 6.07) is 10.7. The van der Waals surface area contributed by atoms with Crippen LogP contribution in [0.4, 0.5) is 5.82 Å². The number of likely N-dealkylation sites (tertiary alicyclic amines) is 1. The maximum Gasteiger partial charge on any atom is 0.255 e. The van der Waals surface area contributed by atoms with Gasteiger partial charge < -0.3 is 20.9 Å². The van der Waals surface area contributed by atoms with E-state index in [2.05, 4.69) is 46.4 Å². The lowest BCUT2D eigenvalue weighted by Gasteiger charge is -2.57. The average Bonchev–Trinajstić information content (AvgIpc) is 2.73. The van der Waals surface area contributed by atoms with E-state index < -0.39 is 5.60 Å². The summed E-state index contributed by atoms with van der Waals surface area (Å²) >= 11 is 0. The number of nitrogen functional groups attached to an aromatic ring is 1. The minimum absolute atomic E-state index is 0.0497. The zero-order valence-electron chi connectivity index (χ0n) is 19.5. The summed E-state index contributed by atoms with van der Waals surface area (Å²) in [5, 5.41) is 13.2. The van der Waals surface area contributed by atoms with Gasteiger partial charge in [0.2, 0.25) is 0 Å². The predicted molar refractivity (Wildman–Crippen MR) is 128 cm³/mol. The molecule has 1 saturated carbocycles. The van der Waals surface area contributed by atoms with Crippen LogP contribution in [0.2, 0.25) is 0 Å². The van der Waals surface area contributed by atoms with Crippen molar-refractivity contribution in [3.63, 3.8) is 0 Å². The van der Waals surface area contributed by atoms with E-state index in [-0.39, 0.29) is 17.8 Å². The van der Waals surface area contributed by atoms with E-state index >= 15 is 0 Å². The first kappa shape index (κ1) is 22.3. The lowest BCUT2D eigenvalue weighted by molar-refractivity contribution is -0.197. The number of hydrogen-bond donors (Lipinski definition) is 3. The second-order valence-electron chi connectivity index (χ2n) is 10.6. The second kappa shape index (κ2) is 8.38. The van der Waals surface area contributed by atoms with Crippen LogP contribution < -0.4 is 11.1 Å². The fourth-order valence-electron chi connectivity index (χ4n) is 5.29. The van der Waals surface area contributed by atoms with Gasteiger partial charge >= 0.3 is 0 Å². The van der Waals surface area contributed by atoms with Crippen molar-refractivity contribution < 1.29 is 14.6 Å². The van der Waals surface area contributed by atoms with Gasteiger partial charge in [-0.15, -0.1) is 0 Å². The van der Waals surface area contributed by atoms with Gasteiger partial charge in [-0.05, 0) is 56.7 Å². The Hall–Kier alpha value is -2.48. The minimum Gasteiger partial charge on any atom is -0.390 e. The maximum absolute atomic E-state index is 12.9. The van der Waals surface area contributed by atoms with Gasteiger partial charge in [-0.25, -0.2) is 4.98 Å². The topological polar surface area (TPSA) is 101 Å². The van der Waals surface area contributed by atoms with Crippen molar-refractivity contribution >= 4 is 11.7 Å². The van der Waals surface area contributed by atoms with Crippen LogP contribution in [0, 0.1) is 5.41 Å². The molecule has 0 bridgehead atoms. The number of amides is 1. The Kier molecular flexibility index (Phi) is 5.67. The molecule has 1 spiro atoms. The molecule has 5 rings (SSSR count). The number of aromatic nitrogens is 1. The Morgan fingerprint density at radius 2 is 1.88 bits per heavy atom. The Morgan fingerprint density at radius 3 is 2.48 bits per heavy atom. The number of ether oxygens (including phenoxy) is 1. The summed E-state index contributed by atoms with van der Waals surface area (Å²) in [7, 11) is 0. The molecule has 7 heteroatoms. The van der Waals surface area contributed by atoms with Crippen molar-refractivity contribution in [2.75, 3.05) is 32.0 Å². The number of nitrogens with zero attached hydrogens (tertiary/aromatic N) is 2. The van der Waals surface area contributed by atoms with Gasteiger partial charge in [0.1, 0.15) is 5.82 Å². The molecule has 1 aromatic carbocycles. The highest BCUT2D eigenvalue weighted by Crippen LogP contribution is 2.42. The second-order valence-corrected chi connectivity index (χ2v) is 10.6. The van der Waals surface area contributed by atoms with E-state index in [0.29, 0.717) is 29.9 Å². The molecule has 1 unspecified atom stereocenters. The number of carbonyl (C=O) groups is 1. The van der Waals surface area contributed by atoms with Crippen molar-refractivity contribution in [3.8, 4) is 11.1 Å². The fourth-order valence-corrected chi connectivity index (χ4v) is 5.29. The Morgan fingerprint density at radius 1 is 1.21 bits per heavy atom. The summed E-state index contributed by atoms with van der Waals surface area (Å²) in [6.45, 7) is 8.11.